The first-order valence-corrected chi connectivity index (χ1v) is 8.62. The Morgan fingerprint density at radius 3 is 2.71 bits per heavy atom. The van der Waals surface area contributed by atoms with E-state index in [0.29, 0.717) is 22.8 Å². The Bertz CT molecular complexity index is 1150. The fraction of sp³-hybridized carbons (Fsp3) is 0.0952. The average Bonchev–Trinajstić information content (AvgIpc) is 3.23. The van der Waals surface area contributed by atoms with Crippen molar-refractivity contribution in [2.24, 2.45) is 0 Å². The van der Waals surface area contributed by atoms with E-state index in [9.17, 15) is 4.79 Å². The first-order valence-electron chi connectivity index (χ1n) is 8.62. The van der Waals surface area contributed by atoms with Gasteiger partial charge >= 0.3 is 0 Å². The summed E-state index contributed by atoms with van der Waals surface area (Å²) in [5.41, 5.74) is 3.16. The molecule has 0 fully saturated rings. The molecule has 0 atom stereocenters. The Kier molecular flexibility index (Phi) is 4.63. The monoisotopic (exact) mass is 374 g/mol. The summed E-state index contributed by atoms with van der Waals surface area (Å²) in [5, 5.41) is 10.7. The van der Waals surface area contributed by atoms with Gasteiger partial charge < -0.3 is 14.8 Å². The van der Waals surface area contributed by atoms with E-state index < -0.39 is 0 Å². The van der Waals surface area contributed by atoms with Crippen LogP contribution in [0, 0.1) is 0 Å². The molecule has 0 aliphatic carbocycles. The number of nitrogens with zero attached hydrogens (tertiary/aromatic N) is 2. The van der Waals surface area contributed by atoms with E-state index in [-0.39, 0.29) is 5.91 Å². The Balaban J connectivity index is 1.56. The number of fused-ring (bicyclic) bond motifs is 1. The topological polar surface area (TPSA) is 89.1 Å². The molecular weight excluding hydrogens is 356 g/mol. The van der Waals surface area contributed by atoms with Crippen LogP contribution in [0.4, 0.5) is 5.69 Å². The molecule has 2 N–H and O–H groups in total. The van der Waals surface area contributed by atoms with Crippen molar-refractivity contribution in [2.45, 2.75) is 0 Å². The molecule has 0 bridgehead atoms. The molecule has 2 heterocycles. The third-order valence-electron chi connectivity index (χ3n) is 4.35. The van der Waals surface area contributed by atoms with E-state index in [1.54, 1.807) is 26.5 Å². The number of aromatic nitrogens is 3. The van der Waals surface area contributed by atoms with Crippen LogP contribution in [0.2, 0.25) is 0 Å². The van der Waals surface area contributed by atoms with Crippen molar-refractivity contribution < 1.29 is 14.3 Å². The Morgan fingerprint density at radius 1 is 1.04 bits per heavy atom. The minimum absolute atomic E-state index is 0.302. The Morgan fingerprint density at radius 2 is 1.89 bits per heavy atom. The summed E-state index contributed by atoms with van der Waals surface area (Å²) in [4.78, 5) is 17.0. The predicted molar refractivity (Wildman–Crippen MR) is 107 cm³/mol. The van der Waals surface area contributed by atoms with Gasteiger partial charge in [0.2, 0.25) is 0 Å². The molecule has 2 aromatic carbocycles. The third kappa shape index (κ3) is 3.37. The van der Waals surface area contributed by atoms with Gasteiger partial charge in [0.15, 0.2) is 0 Å². The van der Waals surface area contributed by atoms with Gasteiger partial charge in [-0.3, -0.25) is 14.9 Å². The second-order valence-corrected chi connectivity index (χ2v) is 6.10. The number of carbonyl (C=O) groups is 1. The zero-order valence-corrected chi connectivity index (χ0v) is 15.4. The lowest BCUT2D eigenvalue weighted by Crippen LogP contribution is -2.12. The number of amides is 1. The molecule has 0 spiro atoms. The molecule has 4 aromatic rings. The lowest BCUT2D eigenvalue weighted by molar-refractivity contribution is 0.102. The predicted octanol–water partition coefficient (Wildman–Crippen LogP) is 3.89. The van der Waals surface area contributed by atoms with Crippen LogP contribution in [0.5, 0.6) is 11.5 Å². The third-order valence-corrected chi connectivity index (χ3v) is 4.35. The van der Waals surface area contributed by atoms with Crippen LogP contribution >= 0.6 is 0 Å². The normalized spacial score (nSPS) is 10.6. The number of nitrogens with one attached hydrogen (secondary N) is 2. The number of pyridine rings is 1. The maximum Gasteiger partial charge on any atom is 0.273 e. The lowest BCUT2D eigenvalue weighted by Gasteiger charge is -2.06. The average molecular weight is 374 g/mol. The molecule has 140 valence electrons. The molecule has 28 heavy (non-hydrogen) atoms. The number of methoxy groups -OCH3 is 2. The van der Waals surface area contributed by atoms with Gasteiger partial charge in [-0.1, -0.05) is 12.1 Å². The number of benzene rings is 2. The Hall–Kier alpha value is -3.87. The number of hydrogen-bond acceptors (Lipinski definition) is 5. The van der Waals surface area contributed by atoms with E-state index in [0.717, 1.165) is 22.2 Å². The molecule has 1 amide bonds. The minimum atomic E-state index is -0.302. The summed E-state index contributed by atoms with van der Waals surface area (Å²) in [7, 11) is 3.21. The number of aromatic amines is 1. The van der Waals surface area contributed by atoms with Crippen LogP contribution in [-0.2, 0) is 0 Å². The number of rotatable bonds is 5. The second-order valence-electron chi connectivity index (χ2n) is 6.10. The largest absolute Gasteiger partial charge is 0.497 e. The lowest BCUT2D eigenvalue weighted by atomic mass is 10.1. The number of H-pyrrole nitrogens is 1. The number of ether oxygens (including phenoxy) is 2. The highest BCUT2D eigenvalue weighted by atomic mass is 16.5. The molecule has 0 unspecified atom stereocenters. The van der Waals surface area contributed by atoms with Crippen molar-refractivity contribution in [3.05, 3.63) is 66.5 Å². The van der Waals surface area contributed by atoms with Crippen molar-refractivity contribution in [3.63, 3.8) is 0 Å². The fourth-order valence-corrected chi connectivity index (χ4v) is 2.93. The summed E-state index contributed by atoms with van der Waals surface area (Å²) in [6.07, 6.45) is 1.61. The van der Waals surface area contributed by atoms with Crippen LogP contribution in [0.1, 0.15) is 10.5 Å². The summed E-state index contributed by atoms with van der Waals surface area (Å²) >= 11 is 0. The standard InChI is InChI=1S/C21H18N4O3/c1-27-15-8-7-13-9-14(12-22-17(13)10-15)23-21(26)19-11-18(24-25-19)16-5-3-4-6-20(16)28-2/h3-12H,1-2H3,(H,23,26)(H,24,25). The summed E-state index contributed by atoms with van der Waals surface area (Å²) in [5.74, 6) is 1.12. The van der Waals surface area contributed by atoms with Crippen molar-refractivity contribution in [3.8, 4) is 22.8 Å². The zero-order valence-electron chi connectivity index (χ0n) is 15.4. The Labute approximate surface area is 161 Å². The highest BCUT2D eigenvalue weighted by molar-refractivity contribution is 6.04. The molecule has 7 nitrogen and oxygen atoms in total. The molecule has 4 rings (SSSR count). The maximum absolute atomic E-state index is 12.6. The maximum atomic E-state index is 12.6. The number of carbonyl (C=O) groups excluding carboxylic acids is 1. The molecule has 0 aliphatic heterocycles. The van der Waals surface area contributed by atoms with Crippen molar-refractivity contribution in [1.29, 1.82) is 0 Å². The molecule has 2 aromatic heterocycles. The summed E-state index contributed by atoms with van der Waals surface area (Å²) in [6.45, 7) is 0. The minimum Gasteiger partial charge on any atom is -0.497 e. The van der Waals surface area contributed by atoms with Gasteiger partial charge in [-0.15, -0.1) is 0 Å². The quantitative estimate of drug-likeness (QED) is 0.553. The molecule has 0 radical (unpaired) electrons. The molecular formula is C21H18N4O3. The van der Waals surface area contributed by atoms with Crippen molar-refractivity contribution in [1.82, 2.24) is 15.2 Å². The van der Waals surface area contributed by atoms with Gasteiger partial charge in [0.1, 0.15) is 17.2 Å². The molecule has 0 aliphatic rings. The van der Waals surface area contributed by atoms with Crippen LogP contribution in [0.3, 0.4) is 0 Å². The van der Waals surface area contributed by atoms with Gasteiger partial charge in [-0.25, -0.2) is 0 Å². The highest BCUT2D eigenvalue weighted by Crippen LogP contribution is 2.28. The van der Waals surface area contributed by atoms with E-state index in [1.165, 1.54) is 0 Å². The summed E-state index contributed by atoms with van der Waals surface area (Å²) in [6, 6.07) is 16.6. The number of hydrogen-bond donors (Lipinski definition) is 2. The summed E-state index contributed by atoms with van der Waals surface area (Å²) < 4.78 is 10.6. The number of anilines is 1. The molecule has 7 heteroatoms. The smallest absolute Gasteiger partial charge is 0.273 e. The van der Waals surface area contributed by atoms with E-state index in [4.69, 9.17) is 9.47 Å². The van der Waals surface area contributed by atoms with Crippen LogP contribution in [-0.4, -0.2) is 35.3 Å². The SMILES string of the molecule is COc1ccc2cc(NC(=O)c3cc(-c4ccccc4OC)n[nH]3)cnc2c1. The van der Waals surface area contributed by atoms with E-state index in [2.05, 4.69) is 20.5 Å². The van der Waals surface area contributed by atoms with Gasteiger partial charge in [-0.05, 0) is 36.4 Å². The van der Waals surface area contributed by atoms with Crippen LogP contribution in [0.15, 0.2) is 60.8 Å². The molecule has 0 saturated heterocycles. The van der Waals surface area contributed by atoms with Gasteiger partial charge in [0.05, 0.1) is 37.3 Å². The van der Waals surface area contributed by atoms with E-state index in [1.807, 2.05) is 48.5 Å². The van der Waals surface area contributed by atoms with Crippen molar-refractivity contribution in [2.75, 3.05) is 19.5 Å². The molecule has 0 saturated carbocycles. The second kappa shape index (κ2) is 7.40. The van der Waals surface area contributed by atoms with Crippen LogP contribution in [0.25, 0.3) is 22.2 Å². The first-order chi connectivity index (χ1) is 13.7. The highest BCUT2D eigenvalue weighted by Gasteiger charge is 2.14. The van der Waals surface area contributed by atoms with Crippen molar-refractivity contribution >= 4 is 22.5 Å². The van der Waals surface area contributed by atoms with E-state index >= 15 is 0 Å². The van der Waals surface area contributed by atoms with Gasteiger partial charge in [-0.2, -0.15) is 5.10 Å². The first kappa shape index (κ1) is 17.5. The fourth-order valence-electron chi connectivity index (χ4n) is 2.93. The van der Waals surface area contributed by atoms with Gasteiger partial charge in [0.25, 0.3) is 5.91 Å². The zero-order chi connectivity index (χ0) is 19.5. The van der Waals surface area contributed by atoms with Crippen LogP contribution < -0.4 is 14.8 Å². The van der Waals surface area contributed by atoms with Gasteiger partial charge in [0, 0.05) is 17.0 Å². The number of para-hydroxylation sites is 1.